The van der Waals surface area contributed by atoms with E-state index in [1.807, 2.05) is 0 Å². The van der Waals surface area contributed by atoms with E-state index >= 15 is 0 Å². The second kappa shape index (κ2) is 8.40. The van der Waals surface area contributed by atoms with Crippen molar-refractivity contribution >= 4 is 0 Å². The van der Waals surface area contributed by atoms with Gasteiger partial charge in [-0.15, -0.1) is 0 Å². The first kappa shape index (κ1) is 16.3. The summed E-state index contributed by atoms with van der Waals surface area (Å²) in [7, 11) is 0. The Bertz CT molecular complexity index is 421. The lowest BCUT2D eigenvalue weighted by molar-refractivity contribution is 0.116. The van der Waals surface area contributed by atoms with Crippen LogP contribution in [-0.2, 0) is 4.74 Å². The molecular weight excluding hydrogens is 262 g/mol. The van der Waals surface area contributed by atoms with Crippen LogP contribution in [0.15, 0.2) is 24.3 Å². The van der Waals surface area contributed by atoms with Crippen molar-refractivity contribution in [2.24, 2.45) is 5.92 Å². The van der Waals surface area contributed by atoms with Gasteiger partial charge in [0.1, 0.15) is 5.75 Å². The van der Waals surface area contributed by atoms with E-state index in [4.69, 9.17) is 9.47 Å². The van der Waals surface area contributed by atoms with Gasteiger partial charge >= 0.3 is 0 Å². The summed E-state index contributed by atoms with van der Waals surface area (Å²) in [5, 5.41) is 3.71. The maximum Gasteiger partial charge on any atom is 0.124 e. The maximum absolute atomic E-state index is 5.95. The molecule has 0 bridgehead atoms. The molecule has 1 aromatic rings. The molecular formula is C18H29NO2. The third-order valence-electron chi connectivity index (χ3n) is 4.03. The van der Waals surface area contributed by atoms with E-state index in [-0.39, 0.29) is 0 Å². The van der Waals surface area contributed by atoms with Gasteiger partial charge < -0.3 is 14.8 Å². The lowest BCUT2D eigenvalue weighted by Gasteiger charge is -2.26. The number of hydrogen-bond acceptors (Lipinski definition) is 3. The van der Waals surface area contributed by atoms with Gasteiger partial charge in [-0.1, -0.05) is 32.0 Å². The highest BCUT2D eigenvalue weighted by molar-refractivity contribution is 5.36. The monoisotopic (exact) mass is 291 g/mol. The fourth-order valence-electron chi connectivity index (χ4n) is 2.99. The second-order valence-corrected chi connectivity index (χ2v) is 5.96. The van der Waals surface area contributed by atoms with Crippen LogP contribution >= 0.6 is 0 Å². The summed E-state index contributed by atoms with van der Waals surface area (Å²) >= 11 is 0. The molecule has 1 aromatic carbocycles. The van der Waals surface area contributed by atoms with Crippen molar-refractivity contribution in [2.75, 3.05) is 19.8 Å². The summed E-state index contributed by atoms with van der Waals surface area (Å²) in [6.45, 7) is 9.15. The molecule has 1 fully saturated rings. The topological polar surface area (TPSA) is 30.5 Å². The summed E-state index contributed by atoms with van der Waals surface area (Å²) in [4.78, 5) is 0. The van der Waals surface area contributed by atoms with Crippen LogP contribution in [0.25, 0.3) is 0 Å². The van der Waals surface area contributed by atoms with Crippen LogP contribution in [0.1, 0.15) is 51.6 Å². The smallest absolute Gasteiger partial charge is 0.124 e. The molecule has 0 aliphatic carbocycles. The van der Waals surface area contributed by atoms with E-state index < -0.39 is 0 Å². The predicted molar refractivity (Wildman–Crippen MR) is 86.8 cm³/mol. The van der Waals surface area contributed by atoms with Crippen molar-refractivity contribution < 1.29 is 9.47 Å². The highest BCUT2D eigenvalue weighted by Crippen LogP contribution is 2.36. The van der Waals surface area contributed by atoms with E-state index in [1.165, 1.54) is 5.56 Å². The first-order valence-electron chi connectivity index (χ1n) is 8.33. The molecule has 3 heteroatoms. The van der Waals surface area contributed by atoms with Crippen molar-refractivity contribution in [3.8, 4) is 5.75 Å². The summed E-state index contributed by atoms with van der Waals surface area (Å²) in [6, 6.07) is 8.77. The summed E-state index contributed by atoms with van der Waals surface area (Å²) in [5.74, 6) is 1.55. The Hall–Kier alpha value is -1.06. The van der Waals surface area contributed by atoms with Crippen LogP contribution in [0.5, 0.6) is 5.75 Å². The van der Waals surface area contributed by atoms with Gasteiger partial charge in [-0.05, 0) is 38.8 Å². The third kappa shape index (κ3) is 4.45. The lowest BCUT2D eigenvalue weighted by Crippen LogP contribution is -2.30. The van der Waals surface area contributed by atoms with Gasteiger partial charge in [-0.3, -0.25) is 0 Å². The Balaban J connectivity index is 2.19. The van der Waals surface area contributed by atoms with Crippen LogP contribution in [0, 0.1) is 5.92 Å². The molecule has 1 heterocycles. The lowest BCUT2D eigenvalue weighted by atomic mass is 9.90. The van der Waals surface area contributed by atoms with Crippen molar-refractivity contribution in [3.63, 3.8) is 0 Å². The molecule has 0 aromatic heterocycles. The van der Waals surface area contributed by atoms with Gasteiger partial charge in [0.2, 0.25) is 0 Å². The van der Waals surface area contributed by atoms with Crippen molar-refractivity contribution in [1.82, 2.24) is 5.32 Å². The summed E-state index contributed by atoms with van der Waals surface area (Å²) < 4.78 is 11.7. The van der Waals surface area contributed by atoms with Crippen molar-refractivity contribution in [1.29, 1.82) is 0 Å². The van der Waals surface area contributed by atoms with Gasteiger partial charge in [-0.25, -0.2) is 0 Å². The number of rotatable bonds is 8. The zero-order valence-corrected chi connectivity index (χ0v) is 13.6. The average Bonchev–Trinajstić information content (AvgIpc) is 2.93. The van der Waals surface area contributed by atoms with Gasteiger partial charge in [0.05, 0.1) is 19.3 Å². The Morgan fingerprint density at radius 3 is 2.76 bits per heavy atom. The summed E-state index contributed by atoms with van der Waals surface area (Å²) in [6.07, 6.45) is 3.65. The number of para-hydroxylation sites is 1. The van der Waals surface area contributed by atoms with Gasteiger partial charge in [0, 0.05) is 17.5 Å². The zero-order valence-electron chi connectivity index (χ0n) is 13.6. The number of ether oxygens (including phenoxy) is 2. The molecule has 118 valence electrons. The minimum atomic E-state index is 0.322. The third-order valence-corrected chi connectivity index (χ3v) is 4.03. The minimum Gasteiger partial charge on any atom is -0.493 e. The largest absolute Gasteiger partial charge is 0.493 e. The van der Waals surface area contributed by atoms with Gasteiger partial charge in [0.25, 0.3) is 0 Å². The predicted octanol–water partition coefficient (Wildman–Crippen LogP) is 3.94. The van der Waals surface area contributed by atoms with Crippen LogP contribution < -0.4 is 10.1 Å². The van der Waals surface area contributed by atoms with E-state index in [0.717, 1.165) is 44.8 Å². The summed E-state index contributed by atoms with van der Waals surface area (Å²) in [5.41, 5.74) is 1.28. The number of benzene rings is 1. The fourth-order valence-corrected chi connectivity index (χ4v) is 2.99. The Morgan fingerprint density at radius 2 is 2.10 bits per heavy atom. The van der Waals surface area contributed by atoms with E-state index in [2.05, 4.69) is 50.4 Å². The molecule has 21 heavy (non-hydrogen) atoms. The zero-order chi connectivity index (χ0) is 15.1. The molecule has 0 radical (unpaired) electrons. The molecule has 0 spiro atoms. The van der Waals surface area contributed by atoms with E-state index in [0.29, 0.717) is 18.1 Å². The fraction of sp³-hybridized carbons (Fsp3) is 0.667. The number of hydrogen-bond donors (Lipinski definition) is 1. The molecule has 3 unspecified atom stereocenters. The molecule has 1 aliphatic rings. The number of nitrogens with one attached hydrogen (secondary N) is 1. The Kier molecular flexibility index (Phi) is 6.52. The SMILES string of the molecule is CCCNC(c1ccccc1OCCC)C1COC(C)C1. The quantitative estimate of drug-likeness (QED) is 0.787. The minimum absolute atomic E-state index is 0.322. The molecule has 1 N–H and O–H groups in total. The average molecular weight is 291 g/mol. The first-order valence-corrected chi connectivity index (χ1v) is 8.33. The van der Waals surface area contributed by atoms with Crippen LogP contribution in [0.2, 0.25) is 0 Å². The van der Waals surface area contributed by atoms with Crippen LogP contribution in [-0.4, -0.2) is 25.9 Å². The second-order valence-electron chi connectivity index (χ2n) is 5.96. The van der Waals surface area contributed by atoms with E-state index in [9.17, 15) is 0 Å². The molecule has 3 nitrogen and oxygen atoms in total. The Labute approximate surface area is 129 Å². The van der Waals surface area contributed by atoms with Gasteiger partial charge in [-0.2, -0.15) is 0 Å². The molecule has 2 rings (SSSR count). The normalized spacial score (nSPS) is 23.2. The van der Waals surface area contributed by atoms with Crippen molar-refractivity contribution in [3.05, 3.63) is 29.8 Å². The van der Waals surface area contributed by atoms with Crippen LogP contribution in [0.4, 0.5) is 0 Å². The highest BCUT2D eigenvalue weighted by atomic mass is 16.5. The molecule has 0 amide bonds. The molecule has 1 aliphatic heterocycles. The van der Waals surface area contributed by atoms with E-state index in [1.54, 1.807) is 0 Å². The standard InChI is InChI=1S/C18H29NO2/c1-4-10-19-18(15-12-14(3)21-13-15)16-8-6-7-9-17(16)20-11-5-2/h6-9,14-15,18-19H,4-5,10-13H2,1-3H3. The maximum atomic E-state index is 5.95. The molecule has 3 atom stereocenters. The highest BCUT2D eigenvalue weighted by Gasteiger charge is 2.31. The van der Waals surface area contributed by atoms with Crippen molar-refractivity contribution in [2.45, 2.75) is 52.2 Å². The molecule has 0 saturated carbocycles. The van der Waals surface area contributed by atoms with Gasteiger partial charge in [0.15, 0.2) is 0 Å². The molecule has 1 saturated heterocycles. The Morgan fingerprint density at radius 1 is 1.29 bits per heavy atom. The van der Waals surface area contributed by atoms with Crippen LogP contribution in [0.3, 0.4) is 0 Å². The first-order chi connectivity index (χ1) is 10.3.